The minimum Gasteiger partial charge on any atom is -0.381 e. The molecule has 0 aromatic rings. The Morgan fingerprint density at radius 1 is 1.53 bits per heavy atom. The van der Waals surface area contributed by atoms with E-state index in [9.17, 15) is 10.1 Å². The molecule has 0 bridgehead atoms. The third-order valence-corrected chi connectivity index (χ3v) is 4.12. The molecule has 2 fully saturated rings. The molecule has 2 saturated heterocycles. The molecule has 4 heteroatoms. The van der Waals surface area contributed by atoms with Crippen LogP contribution >= 0.6 is 0 Å². The summed E-state index contributed by atoms with van der Waals surface area (Å²) >= 11 is 0. The largest absolute Gasteiger partial charge is 0.381 e. The van der Waals surface area contributed by atoms with Crippen molar-refractivity contribution in [2.24, 2.45) is 11.3 Å². The fraction of sp³-hybridized carbons (Fsp3) is 0.846. The van der Waals surface area contributed by atoms with Crippen LogP contribution in [-0.4, -0.2) is 37.1 Å². The number of nitriles is 1. The van der Waals surface area contributed by atoms with E-state index in [0.717, 1.165) is 25.9 Å². The molecule has 1 unspecified atom stereocenters. The molecule has 0 radical (unpaired) electrons. The number of carbonyl (C=O) groups excluding carboxylic acids is 1. The summed E-state index contributed by atoms with van der Waals surface area (Å²) in [5.41, 5.74) is -0.805. The molecule has 0 spiro atoms. The number of rotatable bonds is 2. The van der Waals surface area contributed by atoms with Crippen molar-refractivity contribution in [1.82, 2.24) is 4.90 Å². The normalized spacial score (nSPS) is 27.8. The molecule has 0 N–H and O–H groups in total. The first kappa shape index (κ1) is 12.4. The molecule has 17 heavy (non-hydrogen) atoms. The Morgan fingerprint density at radius 2 is 2.24 bits per heavy atom. The van der Waals surface area contributed by atoms with Crippen molar-refractivity contribution in [3.63, 3.8) is 0 Å². The van der Waals surface area contributed by atoms with Crippen LogP contribution in [0.5, 0.6) is 0 Å². The summed E-state index contributed by atoms with van der Waals surface area (Å²) < 4.78 is 5.26. The Kier molecular flexibility index (Phi) is 3.68. The standard InChI is InChI=1S/C13H20N2O2/c1-2-11-3-6-15(9-11)12(16)13(10-14)4-7-17-8-5-13/h11H,2-9H2,1H3. The molecule has 0 saturated carbocycles. The molecule has 2 rings (SSSR count). The van der Waals surface area contributed by atoms with E-state index in [2.05, 4.69) is 13.0 Å². The SMILES string of the molecule is CCC1CCN(C(=O)C2(C#N)CCOCC2)C1. The molecule has 1 atom stereocenters. The molecule has 2 aliphatic heterocycles. The van der Waals surface area contributed by atoms with Gasteiger partial charge in [-0.1, -0.05) is 13.3 Å². The van der Waals surface area contributed by atoms with Crippen molar-refractivity contribution in [2.75, 3.05) is 26.3 Å². The number of amides is 1. The van der Waals surface area contributed by atoms with Gasteiger partial charge in [0.1, 0.15) is 5.41 Å². The van der Waals surface area contributed by atoms with Gasteiger partial charge in [-0.15, -0.1) is 0 Å². The highest BCUT2D eigenvalue weighted by Crippen LogP contribution is 2.34. The van der Waals surface area contributed by atoms with Gasteiger partial charge in [0.05, 0.1) is 6.07 Å². The number of hydrogen-bond acceptors (Lipinski definition) is 3. The third kappa shape index (κ3) is 2.30. The van der Waals surface area contributed by atoms with Crippen LogP contribution in [0.1, 0.15) is 32.6 Å². The molecular weight excluding hydrogens is 216 g/mol. The number of likely N-dealkylation sites (tertiary alicyclic amines) is 1. The molecule has 0 aromatic heterocycles. The summed E-state index contributed by atoms with van der Waals surface area (Å²) in [5, 5.41) is 9.34. The summed E-state index contributed by atoms with van der Waals surface area (Å²) in [6.07, 6.45) is 3.30. The van der Waals surface area contributed by atoms with Crippen LogP contribution in [-0.2, 0) is 9.53 Å². The van der Waals surface area contributed by atoms with Crippen molar-refractivity contribution in [3.8, 4) is 6.07 Å². The van der Waals surface area contributed by atoms with E-state index in [4.69, 9.17) is 4.74 Å². The van der Waals surface area contributed by atoms with Gasteiger partial charge in [-0.2, -0.15) is 5.26 Å². The summed E-state index contributed by atoms with van der Waals surface area (Å²) in [7, 11) is 0. The molecule has 2 aliphatic rings. The minimum atomic E-state index is -0.805. The summed E-state index contributed by atoms with van der Waals surface area (Å²) in [6.45, 7) is 4.88. The zero-order valence-corrected chi connectivity index (χ0v) is 10.4. The van der Waals surface area contributed by atoms with Crippen molar-refractivity contribution < 1.29 is 9.53 Å². The fourth-order valence-electron chi connectivity index (χ4n) is 2.75. The molecule has 2 heterocycles. The van der Waals surface area contributed by atoms with Crippen LogP contribution in [0.3, 0.4) is 0 Å². The van der Waals surface area contributed by atoms with Gasteiger partial charge in [0.25, 0.3) is 0 Å². The second kappa shape index (κ2) is 5.05. The quantitative estimate of drug-likeness (QED) is 0.731. The predicted molar refractivity (Wildman–Crippen MR) is 63.1 cm³/mol. The number of nitrogens with zero attached hydrogens (tertiary/aromatic N) is 2. The van der Waals surface area contributed by atoms with Gasteiger partial charge in [-0.25, -0.2) is 0 Å². The lowest BCUT2D eigenvalue weighted by Crippen LogP contribution is -2.45. The van der Waals surface area contributed by atoms with Crippen LogP contribution in [0.4, 0.5) is 0 Å². The minimum absolute atomic E-state index is 0.0410. The van der Waals surface area contributed by atoms with Crippen molar-refractivity contribution in [3.05, 3.63) is 0 Å². The van der Waals surface area contributed by atoms with E-state index in [1.54, 1.807) is 0 Å². The van der Waals surface area contributed by atoms with Gasteiger partial charge in [0.2, 0.25) is 5.91 Å². The number of carbonyl (C=O) groups is 1. The van der Waals surface area contributed by atoms with Gasteiger partial charge in [-0.3, -0.25) is 4.79 Å². The van der Waals surface area contributed by atoms with Crippen LogP contribution < -0.4 is 0 Å². The summed E-state index contributed by atoms with van der Waals surface area (Å²) in [4.78, 5) is 14.4. The van der Waals surface area contributed by atoms with E-state index in [1.807, 2.05) is 4.90 Å². The van der Waals surface area contributed by atoms with Crippen LogP contribution in [0.15, 0.2) is 0 Å². The maximum Gasteiger partial charge on any atom is 0.243 e. The number of hydrogen-bond donors (Lipinski definition) is 0. The second-order valence-corrected chi connectivity index (χ2v) is 5.12. The van der Waals surface area contributed by atoms with E-state index in [0.29, 0.717) is 32.0 Å². The average molecular weight is 236 g/mol. The van der Waals surface area contributed by atoms with E-state index in [-0.39, 0.29) is 5.91 Å². The maximum atomic E-state index is 12.5. The highest BCUT2D eigenvalue weighted by molar-refractivity contribution is 5.85. The topological polar surface area (TPSA) is 53.3 Å². The Balaban J connectivity index is 2.05. The zero-order valence-electron chi connectivity index (χ0n) is 10.4. The van der Waals surface area contributed by atoms with Crippen molar-refractivity contribution >= 4 is 5.91 Å². The van der Waals surface area contributed by atoms with Crippen LogP contribution in [0.2, 0.25) is 0 Å². The third-order valence-electron chi connectivity index (χ3n) is 4.12. The Morgan fingerprint density at radius 3 is 2.76 bits per heavy atom. The first-order valence-electron chi connectivity index (χ1n) is 6.50. The van der Waals surface area contributed by atoms with Crippen molar-refractivity contribution in [2.45, 2.75) is 32.6 Å². The highest BCUT2D eigenvalue weighted by Gasteiger charge is 2.44. The van der Waals surface area contributed by atoms with Crippen molar-refractivity contribution in [1.29, 1.82) is 5.26 Å². The van der Waals surface area contributed by atoms with Gasteiger partial charge in [0, 0.05) is 26.3 Å². The fourth-order valence-corrected chi connectivity index (χ4v) is 2.75. The Hall–Kier alpha value is -1.08. The van der Waals surface area contributed by atoms with Gasteiger partial charge in [-0.05, 0) is 25.2 Å². The lowest BCUT2D eigenvalue weighted by atomic mass is 9.80. The Bertz CT molecular complexity index is 329. The predicted octanol–water partition coefficient (Wildman–Crippen LogP) is 1.57. The molecule has 0 aromatic carbocycles. The molecule has 1 amide bonds. The molecule has 0 aliphatic carbocycles. The van der Waals surface area contributed by atoms with E-state index >= 15 is 0 Å². The summed E-state index contributed by atoms with van der Waals surface area (Å²) in [6, 6.07) is 2.26. The lowest BCUT2D eigenvalue weighted by Gasteiger charge is -2.33. The molecule has 94 valence electrons. The second-order valence-electron chi connectivity index (χ2n) is 5.12. The van der Waals surface area contributed by atoms with E-state index in [1.165, 1.54) is 0 Å². The first-order chi connectivity index (χ1) is 8.22. The number of ether oxygens (including phenoxy) is 1. The molecule has 4 nitrogen and oxygen atoms in total. The first-order valence-corrected chi connectivity index (χ1v) is 6.50. The zero-order chi connectivity index (χ0) is 12.3. The van der Waals surface area contributed by atoms with Crippen LogP contribution in [0.25, 0.3) is 0 Å². The monoisotopic (exact) mass is 236 g/mol. The van der Waals surface area contributed by atoms with Gasteiger partial charge >= 0.3 is 0 Å². The van der Waals surface area contributed by atoms with E-state index < -0.39 is 5.41 Å². The summed E-state index contributed by atoms with van der Waals surface area (Å²) in [5.74, 6) is 0.661. The Labute approximate surface area is 103 Å². The maximum absolute atomic E-state index is 12.5. The van der Waals surface area contributed by atoms with Gasteiger partial charge in [0.15, 0.2) is 0 Å². The average Bonchev–Trinajstić information content (AvgIpc) is 2.87. The highest BCUT2D eigenvalue weighted by atomic mass is 16.5. The lowest BCUT2D eigenvalue weighted by molar-refractivity contribution is -0.142. The van der Waals surface area contributed by atoms with Crippen LogP contribution in [0, 0.1) is 22.7 Å². The van der Waals surface area contributed by atoms with Gasteiger partial charge < -0.3 is 9.64 Å². The smallest absolute Gasteiger partial charge is 0.243 e. The molecular formula is C13H20N2O2.